The number of rotatable bonds is 9. The van der Waals surface area contributed by atoms with Crippen LogP contribution in [0.25, 0.3) is 11.1 Å². The number of aromatic nitrogens is 4. The van der Waals surface area contributed by atoms with Crippen molar-refractivity contribution in [3.8, 4) is 11.1 Å². The van der Waals surface area contributed by atoms with Crippen LogP contribution in [-0.2, 0) is 16.1 Å². The fourth-order valence-corrected chi connectivity index (χ4v) is 5.65. The molecule has 0 saturated carbocycles. The molecule has 2 N–H and O–H groups in total. The molecule has 1 unspecified atom stereocenters. The predicted molar refractivity (Wildman–Crippen MR) is 149 cm³/mol. The van der Waals surface area contributed by atoms with E-state index in [0.29, 0.717) is 23.5 Å². The lowest BCUT2D eigenvalue weighted by Gasteiger charge is -2.44. The molecule has 10 nitrogen and oxygen atoms in total. The van der Waals surface area contributed by atoms with Gasteiger partial charge in [0, 0.05) is 55.6 Å². The smallest absolute Gasteiger partial charge is 0.327 e. The lowest BCUT2D eigenvalue weighted by atomic mass is 9.94. The Kier molecular flexibility index (Phi) is 8.52. The molecule has 0 amide bonds. The van der Waals surface area contributed by atoms with E-state index in [1.54, 1.807) is 24.0 Å². The van der Waals surface area contributed by atoms with Gasteiger partial charge >= 0.3 is 5.97 Å². The third kappa shape index (κ3) is 5.98. The fourth-order valence-electron chi connectivity index (χ4n) is 5.26. The van der Waals surface area contributed by atoms with Gasteiger partial charge in [-0.15, -0.1) is 11.6 Å². The van der Waals surface area contributed by atoms with Gasteiger partial charge in [0.1, 0.15) is 24.5 Å². The molecular formula is C26H34Cl2N8O2. The molecule has 2 aliphatic heterocycles. The number of likely N-dealkylation sites (tertiary alicyclic amines) is 1. The van der Waals surface area contributed by atoms with Crippen molar-refractivity contribution >= 4 is 40.8 Å². The number of nitrogen functional groups attached to an aromatic ring is 1. The maximum absolute atomic E-state index is 11.9. The van der Waals surface area contributed by atoms with Crippen LogP contribution in [0.3, 0.4) is 0 Å². The first-order valence-corrected chi connectivity index (χ1v) is 13.9. The molecule has 204 valence electrons. The lowest BCUT2D eigenvalue weighted by molar-refractivity contribution is -0.144. The van der Waals surface area contributed by atoms with Crippen molar-refractivity contribution in [2.24, 2.45) is 0 Å². The highest BCUT2D eigenvalue weighted by molar-refractivity contribution is 6.37. The highest BCUT2D eigenvalue weighted by atomic mass is 35.5. The van der Waals surface area contributed by atoms with Gasteiger partial charge in [0.15, 0.2) is 0 Å². The molecule has 2 aromatic heterocycles. The van der Waals surface area contributed by atoms with Gasteiger partial charge in [-0.25, -0.2) is 9.97 Å². The predicted octanol–water partition coefficient (Wildman–Crippen LogP) is 2.74. The van der Waals surface area contributed by atoms with Crippen LogP contribution < -0.4 is 10.6 Å². The van der Waals surface area contributed by atoms with Gasteiger partial charge in [0.2, 0.25) is 0 Å². The Bertz CT molecular complexity index is 1200. The number of hydrogen-bond donors (Lipinski definition) is 1. The Hall–Kier alpha value is -2.66. The van der Waals surface area contributed by atoms with E-state index in [4.69, 9.17) is 33.7 Å². The maximum Gasteiger partial charge on any atom is 0.327 e. The maximum atomic E-state index is 11.9. The Morgan fingerprint density at radius 1 is 1.18 bits per heavy atom. The zero-order valence-electron chi connectivity index (χ0n) is 21.6. The van der Waals surface area contributed by atoms with Crippen LogP contribution in [0.4, 0.5) is 11.6 Å². The normalized spacial score (nSPS) is 21.4. The number of carbonyl (C=O) groups is 1. The van der Waals surface area contributed by atoms with Crippen molar-refractivity contribution in [2.75, 3.05) is 63.1 Å². The topological polar surface area (TPSA) is 106 Å². The molecule has 0 spiro atoms. The number of nitrogens with zero attached hydrogens (tertiary/aromatic N) is 7. The number of alkyl halides is 1. The van der Waals surface area contributed by atoms with Crippen molar-refractivity contribution in [3.63, 3.8) is 0 Å². The summed E-state index contributed by atoms with van der Waals surface area (Å²) in [5.41, 5.74) is 9.17. The number of nitrogens with two attached hydrogens (primary N) is 1. The average Bonchev–Trinajstić information content (AvgIpc) is 3.33. The molecule has 5 rings (SSSR count). The van der Waals surface area contributed by atoms with Crippen LogP contribution >= 0.6 is 23.2 Å². The first-order valence-electron chi connectivity index (χ1n) is 13.1. The second-order valence-corrected chi connectivity index (χ2v) is 10.8. The zero-order chi connectivity index (χ0) is 26.6. The van der Waals surface area contributed by atoms with Gasteiger partial charge in [0.25, 0.3) is 0 Å². The highest BCUT2D eigenvalue weighted by Gasteiger charge is 2.32. The zero-order valence-corrected chi connectivity index (χ0v) is 23.1. The molecule has 0 bridgehead atoms. The van der Waals surface area contributed by atoms with Gasteiger partial charge < -0.3 is 20.3 Å². The minimum Gasteiger partial charge on any atom is -0.465 e. The number of piperazine rings is 1. The van der Waals surface area contributed by atoms with Crippen LogP contribution in [0.15, 0.2) is 41.5 Å². The van der Waals surface area contributed by atoms with E-state index < -0.39 is 0 Å². The standard InChI is InChI=1S/C26H34Cl2N8O2/c1-2-38-23(37)16-36-14-19(13-32-36)24-25(29)30-17-31-26(24)35-10-8-34(9-11-35)22(15-33-6-3-7-33)18-4-5-20(27)21(28)12-18/h4-5,13-14,17,21-22H,2-3,6-12,15-16H2,1H3,(H2,29,30,31)/t21-,22?/m1/s1. The average molecular weight is 562 g/mol. The molecule has 2 atom stereocenters. The quantitative estimate of drug-likeness (QED) is 0.366. The number of esters is 1. The van der Waals surface area contributed by atoms with Gasteiger partial charge in [0.05, 0.1) is 23.7 Å². The molecule has 38 heavy (non-hydrogen) atoms. The van der Waals surface area contributed by atoms with E-state index in [9.17, 15) is 4.79 Å². The number of anilines is 2. The number of hydrogen-bond acceptors (Lipinski definition) is 9. The monoisotopic (exact) mass is 560 g/mol. The molecule has 12 heteroatoms. The first-order chi connectivity index (χ1) is 18.4. The summed E-state index contributed by atoms with van der Waals surface area (Å²) >= 11 is 12.8. The molecule has 2 fully saturated rings. The minimum absolute atomic E-state index is 0.0350. The van der Waals surface area contributed by atoms with Crippen molar-refractivity contribution < 1.29 is 9.53 Å². The van der Waals surface area contributed by atoms with Crippen LogP contribution in [0.2, 0.25) is 0 Å². The summed E-state index contributed by atoms with van der Waals surface area (Å²) in [6.45, 7) is 8.81. The third-order valence-electron chi connectivity index (χ3n) is 7.41. The fraction of sp³-hybridized carbons (Fsp3) is 0.538. The van der Waals surface area contributed by atoms with Gasteiger partial charge in [-0.2, -0.15) is 5.10 Å². The summed E-state index contributed by atoms with van der Waals surface area (Å²) in [5, 5.41) is 4.88. The van der Waals surface area contributed by atoms with Crippen molar-refractivity contribution in [1.29, 1.82) is 0 Å². The van der Waals surface area contributed by atoms with Crippen LogP contribution in [0.1, 0.15) is 19.8 Å². The second-order valence-electron chi connectivity index (χ2n) is 9.85. The molecule has 1 aliphatic carbocycles. The lowest BCUT2D eigenvalue weighted by Crippen LogP contribution is -2.56. The molecule has 0 radical (unpaired) electrons. The number of halogens is 2. The minimum atomic E-state index is -0.338. The van der Waals surface area contributed by atoms with E-state index in [2.05, 4.69) is 35.8 Å². The molecule has 3 aliphatic rings. The Balaban J connectivity index is 1.31. The molecule has 2 saturated heterocycles. The van der Waals surface area contributed by atoms with Crippen LogP contribution in [0, 0.1) is 0 Å². The summed E-state index contributed by atoms with van der Waals surface area (Å²) in [4.78, 5) is 28.1. The summed E-state index contributed by atoms with van der Waals surface area (Å²) in [5.74, 6) is 0.822. The van der Waals surface area contributed by atoms with Crippen molar-refractivity contribution in [2.45, 2.75) is 37.7 Å². The second kappa shape index (κ2) is 12.0. The number of allylic oxidation sites excluding steroid dienone is 3. The molecule has 4 heterocycles. The Labute approximate surface area is 233 Å². The summed E-state index contributed by atoms with van der Waals surface area (Å²) in [6, 6.07) is 0.302. The van der Waals surface area contributed by atoms with Gasteiger partial charge in [-0.1, -0.05) is 17.7 Å². The van der Waals surface area contributed by atoms with E-state index in [-0.39, 0.29) is 17.9 Å². The highest BCUT2D eigenvalue weighted by Crippen LogP contribution is 2.35. The van der Waals surface area contributed by atoms with E-state index in [1.807, 2.05) is 6.08 Å². The Morgan fingerprint density at radius 2 is 1.97 bits per heavy atom. The van der Waals surface area contributed by atoms with Crippen molar-refractivity contribution in [3.05, 3.63) is 41.5 Å². The summed E-state index contributed by atoms with van der Waals surface area (Å²) in [7, 11) is 0. The van der Waals surface area contributed by atoms with Gasteiger partial charge in [-0.3, -0.25) is 14.4 Å². The largest absolute Gasteiger partial charge is 0.465 e. The van der Waals surface area contributed by atoms with E-state index in [1.165, 1.54) is 18.3 Å². The summed E-state index contributed by atoms with van der Waals surface area (Å²) < 4.78 is 6.58. The third-order valence-corrected chi connectivity index (χ3v) is 8.30. The Morgan fingerprint density at radius 3 is 2.66 bits per heavy atom. The van der Waals surface area contributed by atoms with Crippen LogP contribution in [0.5, 0.6) is 0 Å². The van der Waals surface area contributed by atoms with Crippen LogP contribution in [-0.4, -0.2) is 99.4 Å². The molecular weight excluding hydrogens is 527 g/mol. The van der Waals surface area contributed by atoms with E-state index >= 15 is 0 Å². The van der Waals surface area contributed by atoms with Crippen molar-refractivity contribution in [1.82, 2.24) is 29.5 Å². The first kappa shape index (κ1) is 26.9. The van der Waals surface area contributed by atoms with Gasteiger partial charge in [-0.05, 0) is 44.5 Å². The number of carbonyl (C=O) groups excluding carboxylic acids is 1. The summed E-state index contributed by atoms with van der Waals surface area (Å²) in [6.07, 6.45) is 11.1. The molecule has 0 aromatic carbocycles. The SMILES string of the molecule is CCOC(=O)Cn1cc(-c2c(N)ncnc2N2CCN(C(CN3CCC3)C3=CC=C(Cl)[C@H](Cl)C3)CC2)cn1. The van der Waals surface area contributed by atoms with E-state index in [0.717, 1.165) is 69.2 Å². The molecule has 2 aromatic rings. The number of ether oxygens (including phenoxy) is 1.